The van der Waals surface area contributed by atoms with Crippen LogP contribution in [-0.2, 0) is 13.0 Å². The van der Waals surface area contributed by atoms with Crippen molar-refractivity contribution in [1.82, 2.24) is 9.88 Å². The third-order valence-corrected chi connectivity index (χ3v) is 5.20. The zero-order valence-corrected chi connectivity index (χ0v) is 18.5. The molecule has 0 saturated carbocycles. The Morgan fingerprint density at radius 2 is 1.80 bits per heavy atom. The minimum atomic E-state index is -0.230. The second kappa shape index (κ2) is 10.3. The Kier molecular flexibility index (Phi) is 7.55. The minimum Gasteiger partial charge on any atom is -0.378 e. The first-order valence-corrected chi connectivity index (χ1v) is 10.3. The van der Waals surface area contributed by atoms with E-state index in [1.165, 1.54) is 0 Å². The van der Waals surface area contributed by atoms with Crippen molar-refractivity contribution >= 4 is 40.6 Å². The second-order valence-corrected chi connectivity index (χ2v) is 7.95. The Morgan fingerprint density at radius 3 is 2.43 bits per heavy atom. The van der Waals surface area contributed by atoms with Gasteiger partial charge in [0.05, 0.1) is 10.7 Å². The first-order chi connectivity index (χ1) is 14.4. The lowest BCUT2D eigenvalue weighted by atomic mass is 10.1. The van der Waals surface area contributed by atoms with Gasteiger partial charge < -0.3 is 15.1 Å². The van der Waals surface area contributed by atoms with Crippen LogP contribution in [-0.4, -0.2) is 36.6 Å². The average Bonchev–Trinajstić information content (AvgIpc) is 2.74. The molecule has 5 nitrogen and oxygen atoms in total. The van der Waals surface area contributed by atoms with Gasteiger partial charge in [-0.2, -0.15) is 0 Å². The molecule has 3 aromatic rings. The van der Waals surface area contributed by atoms with Crippen LogP contribution in [0.5, 0.6) is 0 Å². The monoisotopic (exact) mass is 442 g/mol. The zero-order chi connectivity index (χ0) is 21.5. The van der Waals surface area contributed by atoms with Gasteiger partial charge in [-0.25, -0.2) is 4.79 Å². The number of amides is 2. The first-order valence-electron chi connectivity index (χ1n) is 9.59. The van der Waals surface area contributed by atoms with Crippen molar-refractivity contribution in [3.63, 3.8) is 0 Å². The molecule has 0 aliphatic carbocycles. The lowest BCUT2D eigenvalue weighted by molar-refractivity contribution is 0.209. The normalized spacial score (nSPS) is 10.5. The van der Waals surface area contributed by atoms with Crippen molar-refractivity contribution in [2.24, 2.45) is 0 Å². The van der Waals surface area contributed by atoms with Crippen LogP contribution in [0, 0.1) is 0 Å². The van der Waals surface area contributed by atoms with E-state index in [4.69, 9.17) is 23.2 Å². The summed E-state index contributed by atoms with van der Waals surface area (Å²) in [6.07, 6.45) is 2.41. The molecule has 1 aromatic heterocycles. The van der Waals surface area contributed by atoms with E-state index < -0.39 is 0 Å². The molecule has 0 atom stereocenters. The number of benzene rings is 2. The molecule has 2 aromatic carbocycles. The number of urea groups is 1. The van der Waals surface area contributed by atoms with Crippen molar-refractivity contribution in [2.45, 2.75) is 13.0 Å². The molecule has 1 heterocycles. The van der Waals surface area contributed by atoms with E-state index in [1.807, 2.05) is 61.5 Å². The molecule has 2 amide bonds. The lowest BCUT2D eigenvalue weighted by Crippen LogP contribution is -2.36. The fourth-order valence-corrected chi connectivity index (χ4v) is 3.41. The summed E-state index contributed by atoms with van der Waals surface area (Å²) in [5.74, 6) is 0. The van der Waals surface area contributed by atoms with Crippen molar-refractivity contribution < 1.29 is 4.79 Å². The molecule has 1 N–H and O–H groups in total. The van der Waals surface area contributed by atoms with Crippen LogP contribution in [0.1, 0.15) is 11.3 Å². The molecular formula is C23H24Cl2N4O. The Labute approximate surface area is 187 Å². The molecule has 0 radical (unpaired) electrons. The SMILES string of the molecule is CN(C)c1ccc(CN(CCc2ccccn2)C(=O)Nc2ccc(Cl)cc2Cl)cc1. The van der Waals surface area contributed by atoms with Crippen LogP contribution in [0.3, 0.4) is 0 Å². The Bertz CT molecular complexity index is 978. The van der Waals surface area contributed by atoms with E-state index in [0.29, 0.717) is 35.2 Å². The third kappa shape index (κ3) is 6.12. The topological polar surface area (TPSA) is 48.5 Å². The van der Waals surface area contributed by atoms with Crippen LogP contribution in [0.4, 0.5) is 16.2 Å². The summed E-state index contributed by atoms with van der Waals surface area (Å²) < 4.78 is 0. The molecule has 0 bridgehead atoms. The van der Waals surface area contributed by atoms with Crippen molar-refractivity contribution in [3.8, 4) is 0 Å². The summed E-state index contributed by atoms with van der Waals surface area (Å²) in [6.45, 7) is 0.987. The van der Waals surface area contributed by atoms with Gasteiger partial charge in [0, 0.05) is 56.2 Å². The van der Waals surface area contributed by atoms with Gasteiger partial charge in [-0.05, 0) is 48.0 Å². The maximum Gasteiger partial charge on any atom is 0.322 e. The number of aromatic nitrogens is 1. The molecule has 0 fully saturated rings. The van der Waals surface area contributed by atoms with Crippen LogP contribution < -0.4 is 10.2 Å². The van der Waals surface area contributed by atoms with Gasteiger partial charge in [0.2, 0.25) is 0 Å². The lowest BCUT2D eigenvalue weighted by Gasteiger charge is -2.24. The Hall–Kier alpha value is -2.76. The summed E-state index contributed by atoms with van der Waals surface area (Å²) >= 11 is 12.2. The predicted molar refractivity (Wildman–Crippen MR) is 125 cm³/mol. The number of halogens is 2. The maximum atomic E-state index is 13.0. The minimum absolute atomic E-state index is 0.230. The van der Waals surface area contributed by atoms with Gasteiger partial charge in [0.1, 0.15) is 0 Å². The molecule has 0 saturated heterocycles. The quantitative estimate of drug-likeness (QED) is 0.507. The molecule has 3 rings (SSSR count). The Balaban J connectivity index is 1.75. The summed E-state index contributed by atoms with van der Waals surface area (Å²) in [7, 11) is 3.99. The van der Waals surface area contributed by atoms with Crippen LogP contribution in [0.15, 0.2) is 66.9 Å². The smallest absolute Gasteiger partial charge is 0.322 e. The van der Waals surface area contributed by atoms with Gasteiger partial charge in [0.15, 0.2) is 0 Å². The summed E-state index contributed by atoms with van der Waals surface area (Å²) in [6, 6.07) is 18.7. The highest BCUT2D eigenvalue weighted by molar-refractivity contribution is 6.36. The van der Waals surface area contributed by atoms with Crippen molar-refractivity contribution in [3.05, 3.63) is 88.2 Å². The van der Waals surface area contributed by atoms with E-state index in [9.17, 15) is 4.79 Å². The standard InChI is InChI=1S/C23H24Cl2N4O/c1-28(2)20-9-6-17(7-10-20)16-29(14-12-19-5-3-4-13-26-19)23(30)27-22-11-8-18(24)15-21(22)25/h3-11,13,15H,12,14,16H2,1-2H3,(H,27,30). The third-order valence-electron chi connectivity index (χ3n) is 4.65. The van der Waals surface area contributed by atoms with Crippen molar-refractivity contribution in [1.29, 1.82) is 0 Å². The van der Waals surface area contributed by atoms with Crippen molar-refractivity contribution in [2.75, 3.05) is 30.9 Å². The summed E-state index contributed by atoms with van der Waals surface area (Å²) in [5.41, 5.74) is 3.61. The molecule has 0 unspecified atom stereocenters. The molecule has 0 spiro atoms. The number of nitrogens with one attached hydrogen (secondary N) is 1. The number of hydrogen-bond acceptors (Lipinski definition) is 3. The fourth-order valence-electron chi connectivity index (χ4n) is 2.95. The molecule has 0 aliphatic rings. The maximum absolute atomic E-state index is 13.0. The van der Waals surface area contributed by atoms with E-state index in [0.717, 1.165) is 16.9 Å². The number of anilines is 2. The molecule has 30 heavy (non-hydrogen) atoms. The van der Waals surface area contributed by atoms with E-state index in [1.54, 1.807) is 29.3 Å². The van der Waals surface area contributed by atoms with Gasteiger partial charge in [-0.1, -0.05) is 41.4 Å². The molecular weight excluding hydrogens is 419 g/mol. The number of carbonyl (C=O) groups excluding carboxylic acids is 1. The molecule has 0 aliphatic heterocycles. The van der Waals surface area contributed by atoms with E-state index in [2.05, 4.69) is 10.3 Å². The second-order valence-electron chi connectivity index (χ2n) is 7.11. The predicted octanol–water partition coefficient (Wildman–Crippen LogP) is 5.73. The average molecular weight is 443 g/mol. The van der Waals surface area contributed by atoms with Gasteiger partial charge in [-0.3, -0.25) is 4.98 Å². The Morgan fingerprint density at radius 1 is 1.03 bits per heavy atom. The highest BCUT2D eigenvalue weighted by Gasteiger charge is 2.16. The van der Waals surface area contributed by atoms with Gasteiger partial charge >= 0.3 is 6.03 Å². The number of hydrogen-bond donors (Lipinski definition) is 1. The number of nitrogens with zero attached hydrogens (tertiary/aromatic N) is 3. The van der Waals surface area contributed by atoms with Gasteiger partial charge in [0.25, 0.3) is 0 Å². The van der Waals surface area contributed by atoms with E-state index >= 15 is 0 Å². The highest BCUT2D eigenvalue weighted by atomic mass is 35.5. The highest BCUT2D eigenvalue weighted by Crippen LogP contribution is 2.26. The summed E-state index contributed by atoms with van der Waals surface area (Å²) in [5, 5.41) is 3.81. The molecule has 156 valence electrons. The number of rotatable bonds is 7. The fraction of sp³-hybridized carbons (Fsp3) is 0.217. The van der Waals surface area contributed by atoms with Crippen LogP contribution in [0.2, 0.25) is 10.0 Å². The van der Waals surface area contributed by atoms with Crippen LogP contribution in [0.25, 0.3) is 0 Å². The van der Waals surface area contributed by atoms with E-state index in [-0.39, 0.29) is 6.03 Å². The number of carbonyl (C=O) groups is 1. The molecule has 7 heteroatoms. The summed E-state index contributed by atoms with van der Waals surface area (Å²) in [4.78, 5) is 21.2. The first kappa shape index (κ1) is 21.9. The van der Waals surface area contributed by atoms with Gasteiger partial charge in [-0.15, -0.1) is 0 Å². The zero-order valence-electron chi connectivity index (χ0n) is 17.0. The number of pyridine rings is 1. The van der Waals surface area contributed by atoms with Crippen LogP contribution >= 0.6 is 23.2 Å². The largest absolute Gasteiger partial charge is 0.378 e.